The monoisotopic (exact) mass is 367 g/mol. The van der Waals surface area contributed by atoms with Crippen LogP contribution in [0, 0.1) is 13.8 Å². The van der Waals surface area contributed by atoms with Gasteiger partial charge in [-0.15, -0.1) is 17.5 Å². The van der Waals surface area contributed by atoms with Crippen LogP contribution in [0.5, 0.6) is 5.75 Å². The third-order valence-electron chi connectivity index (χ3n) is 3.85. The van der Waals surface area contributed by atoms with Crippen LogP contribution in [-0.2, 0) is 6.54 Å². The molecule has 0 fully saturated rings. The van der Waals surface area contributed by atoms with Crippen molar-refractivity contribution in [2.45, 2.75) is 26.8 Å². The molecule has 1 aromatic carbocycles. The summed E-state index contributed by atoms with van der Waals surface area (Å²) in [6.45, 7) is 6.29. The standard InChI is InChI=1S/C17H25N5O2.ClH/c1-13-5-6-15(11-14(13)2)24-10-4-8-21(3)17(23)16-12-22(9-7-18)20-19-16;/h5-6,11-12H,4,7-10,18H2,1-3H3;1H. The minimum Gasteiger partial charge on any atom is -0.494 e. The molecule has 0 unspecified atom stereocenters. The van der Waals surface area contributed by atoms with Crippen molar-refractivity contribution in [3.63, 3.8) is 0 Å². The van der Waals surface area contributed by atoms with E-state index >= 15 is 0 Å². The predicted octanol–water partition coefficient (Wildman–Crippen LogP) is 1.82. The van der Waals surface area contributed by atoms with E-state index in [9.17, 15) is 4.79 Å². The van der Waals surface area contributed by atoms with E-state index in [4.69, 9.17) is 10.5 Å². The van der Waals surface area contributed by atoms with Crippen molar-refractivity contribution in [3.05, 3.63) is 41.2 Å². The van der Waals surface area contributed by atoms with Crippen molar-refractivity contribution in [2.24, 2.45) is 5.73 Å². The van der Waals surface area contributed by atoms with Gasteiger partial charge in [0, 0.05) is 20.1 Å². The first-order chi connectivity index (χ1) is 11.5. The Morgan fingerprint density at radius 1 is 1.32 bits per heavy atom. The molecule has 0 bridgehead atoms. The first kappa shape index (κ1) is 20.9. The number of nitrogens with zero attached hydrogens (tertiary/aromatic N) is 4. The minimum atomic E-state index is -0.149. The molecule has 1 aromatic heterocycles. The Balaban J connectivity index is 0.00000312. The fraction of sp³-hybridized carbons (Fsp3) is 0.471. The van der Waals surface area contributed by atoms with Crippen molar-refractivity contribution in [2.75, 3.05) is 26.7 Å². The fourth-order valence-electron chi connectivity index (χ4n) is 2.23. The number of halogens is 1. The largest absolute Gasteiger partial charge is 0.494 e. The SMILES string of the molecule is Cc1ccc(OCCCN(C)C(=O)c2cn(CCN)nn2)cc1C.Cl. The van der Waals surface area contributed by atoms with Gasteiger partial charge in [-0.05, 0) is 43.5 Å². The lowest BCUT2D eigenvalue weighted by atomic mass is 10.1. The average Bonchev–Trinajstić information content (AvgIpc) is 3.03. The highest BCUT2D eigenvalue weighted by atomic mass is 35.5. The second kappa shape index (κ2) is 10.0. The number of carbonyl (C=O) groups excluding carboxylic acids is 1. The van der Waals surface area contributed by atoms with Crippen LogP contribution in [0.1, 0.15) is 28.0 Å². The maximum Gasteiger partial charge on any atom is 0.275 e. The van der Waals surface area contributed by atoms with Crippen LogP contribution >= 0.6 is 12.4 Å². The number of carbonyl (C=O) groups is 1. The van der Waals surface area contributed by atoms with Gasteiger partial charge >= 0.3 is 0 Å². The highest BCUT2D eigenvalue weighted by Crippen LogP contribution is 2.16. The molecule has 138 valence electrons. The minimum absolute atomic E-state index is 0. The number of nitrogens with two attached hydrogens (primary N) is 1. The third-order valence-corrected chi connectivity index (χ3v) is 3.85. The van der Waals surface area contributed by atoms with E-state index < -0.39 is 0 Å². The van der Waals surface area contributed by atoms with Crippen LogP contribution in [-0.4, -0.2) is 52.5 Å². The van der Waals surface area contributed by atoms with E-state index in [-0.39, 0.29) is 18.3 Å². The molecule has 0 spiro atoms. The van der Waals surface area contributed by atoms with Gasteiger partial charge in [0.05, 0.1) is 19.3 Å². The summed E-state index contributed by atoms with van der Waals surface area (Å²) in [5, 5.41) is 7.76. The molecule has 0 radical (unpaired) electrons. The first-order valence-corrected chi connectivity index (χ1v) is 8.07. The lowest BCUT2D eigenvalue weighted by Crippen LogP contribution is -2.29. The van der Waals surface area contributed by atoms with Crippen molar-refractivity contribution in [1.82, 2.24) is 19.9 Å². The molecular weight excluding hydrogens is 342 g/mol. The van der Waals surface area contributed by atoms with E-state index in [0.717, 1.165) is 12.2 Å². The Kier molecular flexibility index (Phi) is 8.37. The molecule has 0 aliphatic heterocycles. The zero-order valence-corrected chi connectivity index (χ0v) is 15.8. The van der Waals surface area contributed by atoms with Crippen LogP contribution < -0.4 is 10.5 Å². The number of aromatic nitrogens is 3. The van der Waals surface area contributed by atoms with Gasteiger partial charge in [0.2, 0.25) is 0 Å². The second-order valence-electron chi connectivity index (χ2n) is 5.83. The van der Waals surface area contributed by atoms with Gasteiger partial charge in [-0.3, -0.25) is 9.48 Å². The molecule has 25 heavy (non-hydrogen) atoms. The summed E-state index contributed by atoms with van der Waals surface area (Å²) in [6.07, 6.45) is 2.36. The van der Waals surface area contributed by atoms with Crippen LogP contribution in [0.4, 0.5) is 0 Å². The molecule has 7 nitrogen and oxygen atoms in total. The summed E-state index contributed by atoms with van der Waals surface area (Å²) in [7, 11) is 1.75. The van der Waals surface area contributed by atoms with E-state index in [0.29, 0.717) is 31.9 Å². The predicted molar refractivity (Wildman–Crippen MR) is 99.3 cm³/mol. The number of hydrogen-bond donors (Lipinski definition) is 1. The highest BCUT2D eigenvalue weighted by Gasteiger charge is 2.15. The van der Waals surface area contributed by atoms with Gasteiger partial charge in [-0.25, -0.2) is 0 Å². The molecular formula is C17H26ClN5O2. The Hall–Kier alpha value is -2.12. The van der Waals surface area contributed by atoms with Gasteiger partial charge in [0.1, 0.15) is 5.75 Å². The van der Waals surface area contributed by atoms with Crippen molar-refractivity contribution in [3.8, 4) is 5.75 Å². The van der Waals surface area contributed by atoms with Crippen LogP contribution in [0.2, 0.25) is 0 Å². The van der Waals surface area contributed by atoms with Crippen LogP contribution in [0.25, 0.3) is 0 Å². The van der Waals surface area contributed by atoms with E-state index in [2.05, 4.69) is 24.2 Å². The normalized spacial score (nSPS) is 10.2. The lowest BCUT2D eigenvalue weighted by molar-refractivity contribution is 0.0782. The van der Waals surface area contributed by atoms with E-state index in [1.165, 1.54) is 11.1 Å². The van der Waals surface area contributed by atoms with Gasteiger partial charge in [-0.1, -0.05) is 11.3 Å². The number of amides is 1. The van der Waals surface area contributed by atoms with Gasteiger partial charge in [-0.2, -0.15) is 0 Å². The summed E-state index contributed by atoms with van der Waals surface area (Å²) in [6, 6.07) is 6.04. The molecule has 1 heterocycles. The number of hydrogen-bond acceptors (Lipinski definition) is 5. The summed E-state index contributed by atoms with van der Waals surface area (Å²) >= 11 is 0. The number of aryl methyl sites for hydroxylation is 2. The summed E-state index contributed by atoms with van der Waals surface area (Å²) in [5.74, 6) is 0.709. The lowest BCUT2D eigenvalue weighted by Gasteiger charge is -2.16. The van der Waals surface area contributed by atoms with E-state index in [1.807, 2.05) is 18.2 Å². The summed E-state index contributed by atoms with van der Waals surface area (Å²) < 4.78 is 7.30. The molecule has 8 heteroatoms. The smallest absolute Gasteiger partial charge is 0.275 e. The number of ether oxygens (including phenoxy) is 1. The Labute approximate surface area is 154 Å². The first-order valence-electron chi connectivity index (χ1n) is 8.07. The maximum absolute atomic E-state index is 12.2. The summed E-state index contributed by atoms with van der Waals surface area (Å²) in [4.78, 5) is 13.9. The third kappa shape index (κ3) is 6.03. The topological polar surface area (TPSA) is 86.3 Å². The van der Waals surface area contributed by atoms with Crippen molar-refractivity contribution >= 4 is 18.3 Å². The fourth-order valence-corrected chi connectivity index (χ4v) is 2.23. The Morgan fingerprint density at radius 3 is 2.76 bits per heavy atom. The molecule has 0 saturated carbocycles. The quantitative estimate of drug-likeness (QED) is 0.719. The molecule has 0 aliphatic carbocycles. The van der Waals surface area contributed by atoms with Crippen LogP contribution in [0.15, 0.2) is 24.4 Å². The number of benzene rings is 1. The Bertz CT molecular complexity index is 689. The Morgan fingerprint density at radius 2 is 2.08 bits per heavy atom. The molecule has 1 amide bonds. The zero-order chi connectivity index (χ0) is 17.5. The molecule has 0 saturated heterocycles. The zero-order valence-electron chi connectivity index (χ0n) is 14.9. The molecule has 2 N–H and O–H groups in total. The molecule has 2 rings (SSSR count). The number of rotatable bonds is 8. The molecule has 0 atom stereocenters. The van der Waals surface area contributed by atoms with Crippen molar-refractivity contribution < 1.29 is 9.53 Å². The van der Waals surface area contributed by atoms with Crippen molar-refractivity contribution in [1.29, 1.82) is 0 Å². The van der Waals surface area contributed by atoms with Gasteiger partial charge in [0.15, 0.2) is 5.69 Å². The second-order valence-corrected chi connectivity index (χ2v) is 5.83. The van der Waals surface area contributed by atoms with Gasteiger partial charge < -0.3 is 15.4 Å². The van der Waals surface area contributed by atoms with Gasteiger partial charge in [0.25, 0.3) is 5.91 Å². The van der Waals surface area contributed by atoms with E-state index in [1.54, 1.807) is 22.8 Å². The highest BCUT2D eigenvalue weighted by molar-refractivity contribution is 5.91. The maximum atomic E-state index is 12.2. The molecule has 0 aliphatic rings. The van der Waals surface area contributed by atoms with Crippen LogP contribution in [0.3, 0.4) is 0 Å². The molecule has 2 aromatic rings. The summed E-state index contributed by atoms with van der Waals surface area (Å²) in [5.41, 5.74) is 8.24. The average molecular weight is 368 g/mol.